The van der Waals surface area contributed by atoms with Crippen LogP contribution in [0.15, 0.2) is 66.7 Å². The summed E-state index contributed by atoms with van der Waals surface area (Å²) in [6, 6.07) is 17.4. The van der Waals surface area contributed by atoms with Gasteiger partial charge in [0.25, 0.3) is 0 Å². The molecule has 3 aromatic rings. The molecule has 0 N–H and O–H groups in total. The number of amides is 1. The second kappa shape index (κ2) is 10.4. The second-order valence-corrected chi connectivity index (χ2v) is 10.7. The Bertz CT molecular complexity index is 1400. The lowest BCUT2D eigenvalue weighted by molar-refractivity contribution is -0.138. The van der Waals surface area contributed by atoms with Crippen molar-refractivity contribution in [1.82, 2.24) is 4.90 Å². The van der Waals surface area contributed by atoms with Gasteiger partial charge in [-0.05, 0) is 58.9 Å². The Balaban J connectivity index is 1.14. The maximum atomic E-state index is 13.8. The number of nitrogens with zero attached hydrogens (tertiary/aromatic N) is 1. The fourth-order valence-electron chi connectivity index (χ4n) is 6.46. The molecule has 6 rings (SSSR count). The van der Waals surface area contributed by atoms with Crippen LogP contribution < -0.4 is 0 Å². The quantitative estimate of drug-likeness (QED) is 0.344. The van der Waals surface area contributed by atoms with E-state index in [2.05, 4.69) is 12.1 Å². The summed E-state index contributed by atoms with van der Waals surface area (Å²) in [4.78, 5) is 28.1. The van der Waals surface area contributed by atoms with Crippen molar-refractivity contribution >= 4 is 11.9 Å². The molecule has 5 nitrogen and oxygen atoms in total. The number of hydrogen-bond donors (Lipinski definition) is 0. The van der Waals surface area contributed by atoms with Crippen molar-refractivity contribution in [3.05, 3.63) is 94.8 Å². The minimum atomic E-state index is -4.69. The van der Waals surface area contributed by atoms with Gasteiger partial charge in [0.15, 0.2) is 0 Å². The number of carbonyl (C=O) groups is 2. The van der Waals surface area contributed by atoms with Crippen LogP contribution in [0.4, 0.5) is 22.4 Å². The van der Waals surface area contributed by atoms with Crippen LogP contribution in [0.2, 0.25) is 0 Å². The van der Waals surface area contributed by atoms with Gasteiger partial charge in [0.05, 0.1) is 30.9 Å². The molecule has 40 heavy (non-hydrogen) atoms. The predicted molar refractivity (Wildman–Crippen MR) is 138 cm³/mol. The maximum Gasteiger partial charge on any atom is 0.416 e. The summed E-state index contributed by atoms with van der Waals surface area (Å²) in [7, 11) is 0. The third kappa shape index (κ3) is 4.87. The topological polar surface area (TPSA) is 55.8 Å². The highest BCUT2D eigenvalue weighted by atomic mass is 19.4. The molecule has 208 valence electrons. The van der Waals surface area contributed by atoms with Crippen molar-refractivity contribution < 1.29 is 36.6 Å². The number of ether oxygens (including phenoxy) is 2. The lowest BCUT2D eigenvalue weighted by atomic mass is 9.81. The van der Waals surface area contributed by atoms with Gasteiger partial charge in [-0.25, -0.2) is 9.18 Å². The second-order valence-electron chi connectivity index (χ2n) is 10.7. The zero-order valence-corrected chi connectivity index (χ0v) is 21.5. The Morgan fingerprint density at radius 2 is 1.50 bits per heavy atom. The summed E-state index contributed by atoms with van der Waals surface area (Å²) < 4.78 is 65.6. The first kappa shape index (κ1) is 26.5. The van der Waals surface area contributed by atoms with E-state index < -0.39 is 53.9 Å². The molecule has 2 saturated heterocycles. The van der Waals surface area contributed by atoms with E-state index >= 15 is 0 Å². The van der Waals surface area contributed by atoms with Gasteiger partial charge in [-0.3, -0.25) is 9.69 Å². The first-order valence-electron chi connectivity index (χ1n) is 13.3. The summed E-state index contributed by atoms with van der Waals surface area (Å²) in [5.41, 5.74) is 3.05. The van der Waals surface area contributed by atoms with Crippen LogP contribution in [0.5, 0.6) is 0 Å². The Hall–Kier alpha value is -3.72. The molecular weight excluding hydrogens is 526 g/mol. The number of carbonyl (C=O) groups excluding carboxylic acids is 2. The molecule has 1 aliphatic carbocycles. The van der Waals surface area contributed by atoms with E-state index in [4.69, 9.17) is 9.47 Å². The standard InChI is InChI=1S/C31H27F4NO4/c32-20-9-10-28(31(33,34)35)18(11-20)14-29(37)19-12-21-15-39-16-22(13-19)36(21)30(38)40-17-27-25-7-3-1-5-23(25)24-6-2-4-8-26(24)27/h1-11,19,21-22,27H,12-17H2. The molecule has 0 radical (unpaired) electrons. The van der Waals surface area contributed by atoms with E-state index in [1.54, 1.807) is 4.90 Å². The highest BCUT2D eigenvalue weighted by Gasteiger charge is 2.45. The number of piperidine rings is 1. The van der Waals surface area contributed by atoms with Gasteiger partial charge in [0.2, 0.25) is 0 Å². The average molecular weight is 554 g/mol. The van der Waals surface area contributed by atoms with Crippen LogP contribution in [-0.4, -0.2) is 48.7 Å². The van der Waals surface area contributed by atoms with Gasteiger partial charge in [-0.15, -0.1) is 0 Å². The number of hydrogen-bond acceptors (Lipinski definition) is 4. The molecule has 2 unspecified atom stereocenters. The monoisotopic (exact) mass is 553 g/mol. The number of rotatable bonds is 5. The van der Waals surface area contributed by atoms with Gasteiger partial charge in [0, 0.05) is 18.3 Å². The van der Waals surface area contributed by atoms with E-state index in [1.807, 2.05) is 36.4 Å². The minimum Gasteiger partial charge on any atom is -0.448 e. The van der Waals surface area contributed by atoms with Gasteiger partial charge in [-0.1, -0.05) is 48.5 Å². The SMILES string of the molecule is O=C(Cc1cc(F)ccc1C(F)(F)F)C1CC2COCC(C1)N2C(=O)OCC1c2ccccc2-c2ccccc21. The predicted octanol–water partition coefficient (Wildman–Crippen LogP) is 6.38. The van der Waals surface area contributed by atoms with Crippen molar-refractivity contribution in [3.8, 4) is 11.1 Å². The van der Waals surface area contributed by atoms with Gasteiger partial charge < -0.3 is 9.47 Å². The van der Waals surface area contributed by atoms with Crippen molar-refractivity contribution in [3.63, 3.8) is 0 Å². The largest absolute Gasteiger partial charge is 0.448 e. The third-order valence-corrected chi connectivity index (χ3v) is 8.26. The number of morpholine rings is 1. The Morgan fingerprint density at radius 1 is 0.900 bits per heavy atom. The zero-order chi connectivity index (χ0) is 28.0. The van der Waals surface area contributed by atoms with Crippen LogP contribution in [-0.2, 0) is 26.9 Å². The lowest BCUT2D eigenvalue weighted by Gasteiger charge is -2.47. The first-order valence-corrected chi connectivity index (χ1v) is 13.3. The molecule has 3 aromatic carbocycles. The van der Waals surface area contributed by atoms with Crippen molar-refractivity contribution in [2.45, 2.75) is 43.4 Å². The van der Waals surface area contributed by atoms with Crippen LogP contribution in [0.3, 0.4) is 0 Å². The van der Waals surface area contributed by atoms with E-state index in [0.717, 1.165) is 34.4 Å². The Morgan fingerprint density at radius 3 is 2.10 bits per heavy atom. The number of alkyl halides is 3. The number of Topliss-reactive ketones (excluding diaryl/α,β-unsaturated/α-hetero) is 1. The summed E-state index contributed by atoms with van der Waals surface area (Å²) in [6.07, 6.45) is -5.22. The van der Waals surface area contributed by atoms with E-state index in [-0.39, 0.29) is 44.1 Å². The van der Waals surface area contributed by atoms with Gasteiger partial charge >= 0.3 is 12.3 Å². The zero-order valence-electron chi connectivity index (χ0n) is 21.5. The van der Waals surface area contributed by atoms with Gasteiger partial charge in [0.1, 0.15) is 18.2 Å². The maximum absolute atomic E-state index is 13.8. The first-order chi connectivity index (χ1) is 19.2. The molecule has 2 bridgehead atoms. The van der Waals surface area contributed by atoms with E-state index in [0.29, 0.717) is 6.07 Å². The smallest absolute Gasteiger partial charge is 0.416 e. The molecular formula is C31H27F4NO4. The van der Waals surface area contributed by atoms with Crippen LogP contribution in [0.1, 0.15) is 41.0 Å². The highest BCUT2D eigenvalue weighted by Crippen LogP contribution is 2.45. The van der Waals surface area contributed by atoms with Crippen LogP contribution in [0, 0.1) is 11.7 Å². The average Bonchev–Trinajstić information content (AvgIpc) is 3.24. The molecule has 1 amide bonds. The normalized spacial score (nSPS) is 22.0. The van der Waals surface area contributed by atoms with Crippen molar-refractivity contribution in [1.29, 1.82) is 0 Å². The number of halogens is 4. The molecule has 0 spiro atoms. The molecule has 2 heterocycles. The number of ketones is 1. The number of fused-ring (bicyclic) bond motifs is 5. The van der Waals surface area contributed by atoms with E-state index in [1.165, 1.54) is 0 Å². The summed E-state index contributed by atoms with van der Waals surface area (Å²) in [5.74, 6) is -1.90. The highest BCUT2D eigenvalue weighted by molar-refractivity contribution is 5.84. The lowest BCUT2D eigenvalue weighted by Crippen LogP contribution is -2.60. The summed E-state index contributed by atoms with van der Waals surface area (Å²) in [6.45, 7) is 0.572. The van der Waals surface area contributed by atoms with Gasteiger partial charge in [-0.2, -0.15) is 13.2 Å². The molecule has 3 aliphatic rings. The Labute approximate surface area is 228 Å². The molecule has 2 aliphatic heterocycles. The molecule has 0 aromatic heterocycles. The molecule has 2 atom stereocenters. The third-order valence-electron chi connectivity index (χ3n) is 8.26. The van der Waals surface area contributed by atoms with Crippen LogP contribution >= 0.6 is 0 Å². The summed E-state index contributed by atoms with van der Waals surface area (Å²) in [5, 5.41) is 0. The van der Waals surface area contributed by atoms with Crippen molar-refractivity contribution in [2.75, 3.05) is 19.8 Å². The molecule has 2 fully saturated rings. The molecule has 0 saturated carbocycles. The van der Waals surface area contributed by atoms with Crippen LogP contribution in [0.25, 0.3) is 11.1 Å². The fraction of sp³-hybridized carbons (Fsp3) is 0.355. The fourth-order valence-corrected chi connectivity index (χ4v) is 6.46. The number of benzene rings is 3. The molecule has 9 heteroatoms. The Kier molecular flexibility index (Phi) is 6.86. The minimum absolute atomic E-state index is 0.0966. The van der Waals surface area contributed by atoms with E-state index in [9.17, 15) is 27.2 Å². The van der Waals surface area contributed by atoms with Crippen molar-refractivity contribution in [2.24, 2.45) is 5.92 Å². The summed E-state index contributed by atoms with van der Waals surface area (Å²) >= 11 is 0.